The first-order chi connectivity index (χ1) is 20.3. The minimum atomic E-state index is -0.640. The summed E-state index contributed by atoms with van der Waals surface area (Å²) < 4.78 is 20.6. The summed E-state index contributed by atoms with van der Waals surface area (Å²) >= 11 is 3.57. The highest BCUT2D eigenvalue weighted by Gasteiger charge is 2.33. The van der Waals surface area contributed by atoms with Gasteiger partial charge in [-0.3, -0.25) is 9.36 Å². The summed E-state index contributed by atoms with van der Waals surface area (Å²) in [7, 11) is 0. The monoisotopic (exact) mass is 694 g/mol. The second-order valence-corrected chi connectivity index (χ2v) is 12.0. The Balaban J connectivity index is 1.54. The Hall–Kier alpha value is -3.70. The molecule has 2 heterocycles. The number of carbonyl (C=O) groups excluding carboxylic acids is 1. The van der Waals surface area contributed by atoms with E-state index in [0.29, 0.717) is 45.3 Å². The van der Waals surface area contributed by atoms with Crippen LogP contribution in [0.25, 0.3) is 6.08 Å². The number of hydrogen-bond donors (Lipinski definition) is 0. The lowest BCUT2D eigenvalue weighted by molar-refractivity contribution is -0.139. The van der Waals surface area contributed by atoms with Gasteiger partial charge < -0.3 is 14.2 Å². The van der Waals surface area contributed by atoms with E-state index in [2.05, 4.69) is 27.6 Å². The molecule has 5 rings (SSSR count). The highest BCUT2D eigenvalue weighted by molar-refractivity contribution is 14.1. The highest BCUT2D eigenvalue weighted by atomic mass is 127. The SMILES string of the molecule is CCOC(=O)C1=C(C)N=c2s/c(=C/c3ccc(OCc4ccc(I)cc4)c(OCC)c3)c(=O)n2[C@@H]1c1ccc(C)cc1. The molecule has 0 radical (unpaired) electrons. The Morgan fingerprint density at radius 3 is 2.40 bits per heavy atom. The van der Waals surface area contributed by atoms with E-state index in [4.69, 9.17) is 14.2 Å². The molecular weight excluding hydrogens is 663 g/mol. The van der Waals surface area contributed by atoms with Crippen LogP contribution in [-0.4, -0.2) is 23.8 Å². The minimum Gasteiger partial charge on any atom is -0.490 e. The number of hydrogen-bond acceptors (Lipinski definition) is 7. The number of esters is 1. The fourth-order valence-electron chi connectivity index (χ4n) is 4.75. The van der Waals surface area contributed by atoms with E-state index in [0.717, 1.165) is 22.3 Å². The molecule has 42 heavy (non-hydrogen) atoms. The van der Waals surface area contributed by atoms with E-state index < -0.39 is 12.0 Å². The Morgan fingerprint density at radius 1 is 0.976 bits per heavy atom. The van der Waals surface area contributed by atoms with Crippen molar-refractivity contribution in [3.05, 3.63) is 124 Å². The maximum absolute atomic E-state index is 13.9. The zero-order chi connectivity index (χ0) is 29.8. The van der Waals surface area contributed by atoms with Crippen LogP contribution in [0.2, 0.25) is 0 Å². The Kier molecular flexibility index (Phi) is 9.27. The summed E-state index contributed by atoms with van der Waals surface area (Å²) in [4.78, 5) is 32.2. The number of aromatic nitrogens is 1. The second kappa shape index (κ2) is 13.1. The largest absolute Gasteiger partial charge is 0.490 e. The lowest BCUT2D eigenvalue weighted by Gasteiger charge is -2.24. The van der Waals surface area contributed by atoms with Crippen molar-refractivity contribution in [3.63, 3.8) is 0 Å². The summed E-state index contributed by atoms with van der Waals surface area (Å²) in [6.45, 7) is 8.58. The van der Waals surface area contributed by atoms with Crippen LogP contribution >= 0.6 is 33.9 Å². The van der Waals surface area contributed by atoms with Crippen molar-refractivity contribution >= 4 is 46.0 Å². The zero-order valence-electron chi connectivity index (χ0n) is 23.8. The van der Waals surface area contributed by atoms with Gasteiger partial charge in [-0.2, -0.15) is 0 Å². The van der Waals surface area contributed by atoms with Crippen LogP contribution in [-0.2, 0) is 16.1 Å². The fourth-order valence-corrected chi connectivity index (χ4v) is 6.16. The molecule has 0 aliphatic carbocycles. The van der Waals surface area contributed by atoms with Gasteiger partial charge in [-0.15, -0.1) is 0 Å². The highest BCUT2D eigenvalue weighted by Crippen LogP contribution is 2.32. The summed E-state index contributed by atoms with van der Waals surface area (Å²) in [6.07, 6.45) is 1.82. The van der Waals surface area contributed by atoms with Crippen molar-refractivity contribution in [1.29, 1.82) is 0 Å². The number of carbonyl (C=O) groups is 1. The van der Waals surface area contributed by atoms with Gasteiger partial charge in [0.2, 0.25) is 0 Å². The van der Waals surface area contributed by atoms with Gasteiger partial charge in [-0.1, -0.05) is 59.4 Å². The fraction of sp³-hybridized carbons (Fsp3) is 0.242. The first-order valence-electron chi connectivity index (χ1n) is 13.7. The third-order valence-electron chi connectivity index (χ3n) is 6.78. The van der Waals surface area contributed by atoms with Crippen molar-refractivity contribution < 1.29 is 19.0 Å². The molecule has 0 fully saturated rings. The molecule has 216 valence electrons. The summed E-state index contributed by atoms with van der Waals surface area (Å²) in [5.41, 5.74) is 4.44. The number of aryl methyl sites for hydroxylation is 1. The number of rotatable bonds is 9. The van der Waals surface area contributed by atoms with Crippen LogP contribution in [0.1, 0.15) is 49.1 Å². The molecule has 9 heteroatoms. The smallest absolute Gasteiger partial charge is 0.338 e. The average molecular weight is 695 g/mol. The van der Waals surface area contributed by atoms with Crippen molar-refractivity contribution in [2.75, 3.05) is 13.2 Å². The quantitative estimate of drug-likeness (QED) is 0.166. The molecule has 1 aliphatic rings. The predicted molar refractivity (Wildman–Crippen MR) is 173 cm³/mol. The summed E-state index contributed by atoms with van der Waals surface area (Å²) in [6, 6.07) is 21.0. The number of nitrogens with zero attached hydrogens (tertiary/aromatic N) is 2. The lowest BCUT2D eigenvalue weighted by Crippen LogP contribution is -2.39. The Morgan fingerprint density at radius 2 is 1.71 bits per heavy atom. The molecule has 0 bridgehead atoms. The molecule has 0 N–H and O–H groups in total. The number of ether oxygens (including phenoxy) is 3. The molecule has 0 spiro atoms. The van der Waals surface area contributed by atoms with Crippen LogP contribution in [0.5, 0.6) is 11.5 Å². The predicted octanol–water partition coefficient (Wildman–Crippen LogP) is 5.69. The van der Waals surface area contributed by atoms with E-state index in [1.54, 1.807) is 18.4 Å². The molecular formula is C33H31IN2O5S. The zero-order valence-corrected chi connectivity index (χ0v) is 26.8. The van der Waals surface area contributed by atoms with E-state index in [9.17, 15) is 9.59 Å². The molecule has 0 saturated heterocycles. The van der Waals surface area contributed by atoms with Gasteiger partial charge in [0.1, 0.15) is 6.61 Å². The number of allylic oxidation sites excluding steroid dienone is 1. The maximum Gasteiger partial charge on any atom is 0.338 e. The van der Waals surface area contributed by atoms with Crippen LogP contribution in [0.15, 0.2) is 87.8 Å². The van der Waals surface area contributed by atoms with E-state index in [1.807, 2.05) is 86.7 Å². The van der Waals surface area contributed by atoms with Gasteiger partial charge in [0, 0.05) is 3.57 Å². The van der Waals surface area contributed by atoms with Crippen LogP contribution in [0.4, 0.5) is 0 Å². The van der Waals surface area contributed by atoms with Crippen molar-refractivity contribution in [1.82, 2.24) is 4.57 Å². The molecule has 3 aromatic carbocycles. The third-order valence-corrected chi connectivity index (χ3v) is 8.49. The number of benzene rings is 3. The summed E-state index contributed by atoms with van der Waals surface area (Å²) in [5.74, 6) is 0.756. The van der Waals surface area contributed by atoms with Gasteiger partial charge in [-0.25, -0.2) is 9.79 Å². The normalized spacial score (nSPS) is 14.8. The molecule has 1 aliphatic heterocycles. The molecule has 1 atom stereocenters. The third kappa shape index (κ3) is 6.37. The molecule has 1 aromatic heterocycles. The molecule has 0 amide bonds. The van der Waals surface area contributed by atoms with Gasteiger partial charge in [0.05, 0.1) is 35.1 Å². The Labute approximate surface area is 261 Å². The van der Waals surface area contributed by atoms with E-state index in [-0.39, 0.29) is 12.2 Å². The maximum atomic E-state index is 13.9. The standard InChI is InChI=1S/C33H31IN2O5S/c1-5-39-27-17-23(11-16-26(27)41-19-22-9-14-25(34)15-10-22)18-28-31(37)36-30(24-12-7-20(3)8-13-24)29(32(38)40-6-2)21(4)35-33(36)42-28/h7-18,30H,5-6,19H2,1-4H3/b28-18+/t30-/m1/s1. The first kappa shape index (κ1) is 29.8. The van der Waals surface area contributed by atoms with Crippen LogP contribution in [0, 0.1) is 10.5 Å². The van der Waals surface area contributed by atoms with E-state index in [1.165, 1.54) is 14.9 Å². The number of fused-ring (bicyclic) bond motifs is 1. The lowest BCUT2D eigenvalue weighted by atomic mass is 9.95. The topological polar surface area (TPSA) is 79.1 Å². The number of thiazole rings is 1. The van der Waals surface area contributed by atoms with Crippen molar-refractivity contribution in [2.24, 2.45) is 4.99 Å². The first-order valence-corrected chi connectivity index (χ1v) is 15.6. The molecule has 7 nitrogen and oxygen atoms in total. The minimum absolute atomic E-state index is 0.226. The number of halogens is 1. The molecule has 0 unspecified atom stereocenters. The van der Waals surface area contributed by atoms with Gasteiger partial charge in [-0.05, 0) is 97.3 Å². The van der Waals surface area contributed by atoms with Crippen molar-refractivity contribution in [3.8, 4) is 11.5 Å². The van der Waals surface area contributed by atoms with Crippen LogP contribution < -0.4 is 24.4 Å². The van der Waals surface area contributed by atoms with Crippen LogP contribution in [0.3, 0.4) is 0 Å². The van der Waals surface area contributed by atoms with Gasteiger partial charge in [0.15, 0.2) is 16.3 Å². The Bertz CT molecular complexity index is 1820. The van der Waals surface area contributed by atoms with Crippen molar-refractivity contribution in [2.45, 2.75) is 40.3 Å². The average Bonchev–Trinajstić information content (AvgIpc) is 3.27. The summed E-state index contributed by atoms with van der Waals surface area (Å²) in [5, 5.41) is 0. The van der Waals surface area contributed by atoms with Gasteiger partial charge >= 0.3 is 5.97 Å². The molecule has 0 saturated carbocycles. The van der Waals surface area contributed by atoms with E-state index >= 15 is 0 Å². The second-order valence-electron chi connectivity index (χ2n) is 9.77. The van der Waals surface area contributed by atoms with Gasteiger partial charge in [0.25, 0.3) is 5.56 Å². The molecule has 4 aromatic rings.